The van der Waals surface area contributed by atoms with E-state index in [-0.39, 0.29) is 11.2 Å². The maximum atomic E-state index is 12.7. The number of benzene rings is 1. The van der Waals surface area contributed by atoms with Crippen molar-refractivity contribution in [1.29, 1.82) is 0 Å². The number of amides is 1. The lowest BCUT2D eigenvalue weighted by molar-refractivity contribution is -0.124. The minimum Gasteiger partial charge on any atom is -0.493 e. The van der Waals surface area contributed by atoms with Crippen molar-refractivity contribution in [3.05, 3.63) is 45.6 Å². The molecular weight excluding hydrogens is 390 g/mol. The van der Waals surface area contributed by atoms with E-state index in [4.69, 9.17) is 18.9 Å². The van der Waals surface area contributed by atoms with E-state index in [9.17, 15) is 14.7 Å². The second-order valence-electron chi connectivity index (χ2n) is 6.78. The van der Waals surface area contributed by atoms with Gasteiger partial charge in [-0.3, -0.25) is 9.59 Å². The van der Waals surface area contributed by atoms with E-state index >= 15 is 0 Å². The number of ether oxygens (including phenoxy) is 4. The molecule has 0 heterocycles. The fourth-order valence-corrected chi connectivity index (χ4v) is 3.86. The number of nitrogens with one attached hydrogen (secondary N) is 1. The zero-order valence-electron chi connectivity index (χ0n) is 17.4. The summed E-state index contributed by atoms with van der Waals surface area (Å²) in [6.45, 7) is -0.643. The summed E-state index contributed by atoms with van der Waals surface area (Å²) in [4.78, 5) is 24.6. The Morgan fingerprint density at radius 1 is 1.03 bits per heavy atom. The first-order valence-corrected chi connectivity index (χ1v) is 9.43. The van der Waals surface area contributed by atoms with Crippen LogP contribution in [0.4, 0.5) is 0 Å². The van der Waals surface area contributed by atoms with Crippen LogP contribution in [0.5, 0.6) is 23.0 Å². The predicted molar refractivity (Wildman–Crippen MR) is 111 cm³/mol. The van der Waals surface area contributed by atoms with Crippen LogP contribution in [0, 0.1) is 0 Å². The lowest BCUT2D eigenvalue weighted by atomic mass is 9.95. The van der Waals surface area contributed by atoms with E-state index < -0.39 is 18.6 Å². The Labute approximate surface area is 174 Å². The minimum atomic E-state index is -0.643. The third-order valence-corrected chi connectivity index (χ3v) is 5.20. The van der Waals surface area contributed by atoms with Crippen molar-refractivity contribution in [2.24, 2.45) is 0 Å². The molecule has 2 aromatic rings. The molecule has 0 saturated carbocycles. The topological polar surface area (TPSA) is 103 Å². The number of carbonyl (C=O) groups is 1. The average molecular weight is 415 g/mol. The van der Waals surface area contributed by atoms with Crippen LogP contribution in [0.15, 0.2) is 29.1 Å². The molecule has 3 rings (SSSR count). The van der Waals surface area contributed by atoms with E-state index in [1.54, 1.807) is 19.2 Å². The smallest absolute Gasteiger partial charge is 0.246 e. The Hall–Kier alpha value is -3.26. The Bertz CT molecular complexity index is 1020. The molecule has 0 saturated heterocycles. The third-order valence-electron chi connectivity index (χ3n) is 5.20. The van der Waals surface area contributed by atoms with Crippen LogP contribution >= 0.6 is 0 Å². The summed E-state index contributed by atoms with van der Waals surface area (Å²) in [5.41, 5.74) is 2.66. The number of aryl methyl sites for hydroxylation is 1. The van der Waals surface area contributed by atoms with Gasteiger partial charge in [0.1, 0.15) is 6.61 Å². The van der Waals surface area contributed by atoms with Gasteiger partial charge in [0, 0.05) is 5.56 Å². The first kappa shape index (κ1) is 21.4. The standard InChI is InChI=1S/C22H25NO7/c1-27-17-8-6-13-14(10-16(17)25)15(23-19(26)11-24)7-5-12-9-18(28-2)21(29-3)22(30-4)20(12)13/h6,8-10,15,24H,5,7,11H2,1-4H3,(H,23,26). The van der Waals surface area contributed by atoms with Crippen molar-refractivity contribution in [2.45, 2.75) is 18.9 Å². The largest absolute Gasteiger partial charge is 0.493 e. The van der Waals surface area contributed by atoms with Crippen molar-refractivity contribution in [1.82, 2.24) is 5.32 Å². The minimum absolute atomic E-state index is 0.177. The van der Waals surface area contributed by atoms with Gasteiger partial charge in [-0.1, -0.05) is 6.07 Å². The van der Waals surface area contributed by atoms with Gasteiger partial charge in [0.25, 0.3) is 0 Å². The summed E-state index contributed by atoms with van der Waals surface area (Å²) in [6, 6.07) is 6.21. The molecule has 2 N–H and O–H groups in total. The monoisotopic (exact) mass is 415 g/mol. The van der Waals surface area contributed by atoms with Crippen LogP contribution < -0.4 is 29.7 Å². The van der Waals surface area contributed by atoms with Gasteiger partial charge in [0.05, 0.1) is 34.5 Å². The maximum Gasteiger partial charge on any atom is 0.246 e. The van der Waals surface area contributed by atoms with Gasteiger partial charge in [-0.05, 0) is 47.7 Å². The van der Waals surface area contributed by atoms with Gasteiger partial charge in [-0.2, -0.15) is 0 Å². The van der Waals surface area contributed by atoms with E-state index in [2.05, 4.69) is 5.32 Å². The molecule has 1 atom stereocenters. The zero-order chi connectivity index (χ0) is 21.8. The van der Waals surface area contributed by atoms with Crippen molar-refractivity contribution in [2.75, 3.05) is 35.0 Å². The molecule has 8 heteroatoms. The average Bonchev–Trinajstić information content (AvgIpc) is 3.00. The molecule has 160 valence electrons. The fourth-order valence-electron chi connectivity index (χ4n) is 3.86. The molecule has 0 aliphatic heterocycles. The molecule has 1 unspecified atom stereocenters. The normalized spacial score (nSPS) is 14.6. The van der Waals surface area contributed by atoms with E-state index in [1.165, 1.54) is 27.4 Å². The lowest BCUT2D eigenvalue weighted by Crippen LogP contribution is -2.31. The van der Waals surface area contributed by atoms with Crippen LogP contribution in [0.2, 0.25) is 0 Å². The molecular formula is C22H25NO7. The zero-order valence-corrected chi connectivity index (χ0v) is 17.4. The van der Waals surface area contributed by atoms with Gasteiger partial charge in [0.15, 0.2) is 17.2 Å². The molecule has 0 radical (unpaired) electrons. The SMILES string of the molecule is COc1cc2c(c(OC)c1OC)-c1ccc(OC)c(=O)cc1C(NC(=O)CO)CC2. The number of fused-ring (bicyclic) bond motifs is 3. The van der Waals surface area contributed by atoms with Crippen molar-refractivity contribution < 1.29 is 28.8 Å². The van der Waals surface area contributed by atoms with Gasteiger partial charge in [-0.25, -0.2) is 0 Å². The van der Waals surface area contributed by atoms with Crippen LogP contribution in [-0.2, 0) is 11.2 Å². The molecule has 0 aromatic heterocycles. The maximum absolute atomic E-state index is 12.7. The second kappa shape index (κ2) is 9.04. The van der Waals surface area contributed by atoms with Crippen LogP contribution in [0.1, 0.15) is 23.6 Å². The van der Waals surface area contributed by atoms with Crippen molar-refractivity contribution in [3.63, 3.8) is 0 Å². The van der Waals surface area contributed by atoms with Gasteiger partial charge < -0.3 is 29.4 Å². The van der Waals surface area contributed by atoms with Gasteiger partial charge in [-0.15, -0.1) is 0 Å². The van der Waals surface area contributed by atoms with Crippen LogP contribution in [0.3, 0.4) is 0 Å². The molecule has 0 bridgehead atoms. The molecule has 8 nitrogen and oxygen atoms in total. The first-order valence-electron chi connectivity index (χ1n) is 9.43. The fraction of sp³-hybridized carbons (Fsp3) is 0.364. The van der Waals surface area contributed by atoms with E-state index in [0.717, 1.165) is 11.1 Å². The third kappa shape index (κ3) is 3.78. The van der Waals surface area contributed by atoms with Crippen molar-refractivity contribution in [3.8, 4) is 34.1 Å². The van der Waals surface area contributed by atoms with E-state index in [1.807, 2.05) is 6.07 Å². The Morgan fingerprint density at radius 2 is 1.73 bits per heavy atom. The Kier molecular flexibility index (Phi) is 6.47. The predicted octanol–water partition coefficient (Wildman–Crippen LogP) is 1.84. The van der Waals surface area contributed by atoms with Crippen molar-refractivity contribution >= 4 is 5.91 Å². The number of methoxy groups -OCH3 is 4. The molecule has 1 amide bonds. The quantitative estimate of drug-likeness (QED) is 0.742. The summed E-state index contributed by atoms with van der Waals surface area (Å²) in [7, 11) is 6.04. The van der Waals surface area contributed by atoms with Gasteiger partial charge >= 0.3 is 0 Å². The molecule has 1 aliphatic carbocycles. The highest BCUT2D eigenvalue weighted by atomic mass is 16.5. The summed E-state index contributed by atoms with van der Waals surface area (Å²) < 4.78 is 21.9. The number of hydrogen-bond acceptors (Lipinski definition) is 7. The Balaban J connectivity index is 2.38. The summed E-state index contributed by atoms with van der Waals surface area (Å²) in [6.07, 6.45) is 1.09. The number of rotatable bonds is 6. The summed E-state index contributed by atoms with van der Waals surface area (Å²) >= 11 is 0. The highest BCUT2D eigenvalue weighted by molar-refractivity contribution is 5.84. The Morgan fingerprint density at radius 3 is 2.33 bits per heavy atom. The van der Waals surface area contributed by atoms with Crippen LogP contribution in [-0.4, -0.2) is 46.1 Å². The number of aliphatic hydroxyl groups is 1. The lowest BCUT2D eigenvalue weighted by Gasteiger charge is -2.19. The highest BCUT2D eigenvalue weighted by Gasteiger charge is 2.29. The van der Waals surface area contributed by atoms with Crippen LogP contribution in [0.25, 0.3) is 11.1 Å². The van der Waals surface area contributed by atoms with E-state index in [0.29, 0.717) is 41.2 Å². The number of aliphatic hydroxyl groups excluding tert-OH is 1. The highest BCUT2D eigenvalue weighted by Crippen LogP contribution is 2.50. The number of carbonyl (C=O) groups excluding carboxylic acids is 1. The summed E-state index contributed by atoms with van der Waals surface area (Å²) in [5, 5.41) is 12.0. The molecule has 30 heavy (non-hydrogen) atoms. The van der Waals surface area contributed by atoms with Gasteiger partial charge in [0.2, 0.25) is 17.1 Å². The second-order valence-corrected chi connectivity index (χ2v) is 6.78. The molecule has 0 spiro atoms. The number of hydrogen-bond donors (Lipinski definition) is 2. The molecule has 2 aromatic carbocycles. The first-order chi connectivity index (χ1) is 14.5. The summed E-state index contributed by atoms with van der Waals surface area (Å²) in [5.74, 6) is 1.08. The molecule has 0 fully saturated rings. The molecule has 1 aliphatic rings.